The number of rotatable bonds is 5. The van der Waals surface area contributed by atoms with Crippen LogP contribution in [0.5, 0.6) is 0 Å². The lowest BCUT2D eigenvalue weighted by atomic mass is 9.98. The Hall–Kier alpha value is -3.27. The zero-order chi connectivity index (χ0) is 20.6. The van der Waals surface area contributed by atoms with Gasteiger partial charge in [0.25, 0.3) is 5.91 Å². The maximum Gasteiger partial charge on any atom is 0.251 e. The number of anilines is 1. The third-order valence-corrected chi connectivity index (χ3v) is 5.93. The number of nitrogens with one attached hydrogen (secondary N) is 2. The number of hydrogen-bond acceptors (Lipinski definition) is 5. The van der Waals surface area contributed by atoms with Crippen LogP contribution >= 0.6 is 0 Å². The minimum Gasteiger partial charge on any atom is -0.348 e. The van der Waals surface area contributed by atoms with Crippen LogP contribution in [0, 0.1) is 5.82 Å². The van der Waals surface area contributed by atoms with Gasteiger partial charge in [-0.3, -0.25) is 14.2 Å². The molecule has 0 aliphatic carbocycles. The molecule has 4 rings (SSSR count). The number of carbonyl (C=O) groups excluding carboxylic acids is 1. The predicted molar refractivity (Wildman–Crippen MR) is 104 cm³/mol. The molecule has 29 heavy (non-hydrogen) atoms. The number of benzene rings is 2. The van der Waals surface area contributed by atoms with E-state index in [1.807, 2.05) is 0 Å². The van der Waals surface area contributed by atoms with Gasteiger partial charge in [-0.15, -0.1) is 0 Å². The first kappa shape index (κ1) is 19.1. The van der Waals surface area contributed by atoms with E-state index in [2.05, 4.69) is 20.5 Å². The second-order valence-electron chi connectivity index (χ2n) is 6.80. The van der Waals surface area contributed by atoms with Gasteiger partial charge in [0.15, 0.2) is 0 Å². The lowest BCUT2D eigenvalue weighted by molar-refractivity contribution is 0.0950. The van der Waals surface area contributed by atoms with Crippen LogP contribution in [0.3, 0.4) is 0 Å². The highest BCUT2D eigenvalue weighted by atomic mass is 32.2. The van der Waals surface area contributed by atoms with Crippen molar-refractivity contribution >= 4 is 21.6 Å². The Labute approximate surface area is 166 Å². The summed E-state index contributed by atoms with van der Waals surface area (Å²) in [5.41, 5.74) is 2.20. The lowest BCUT2D eigenvalue weighted by Crippen LogP contribution is -2.29. The Morgan fingerprint density at radius 3 is 2.83 bits per heavy atom. The van der Waals surface area contributed by atoms with Crippen molar-refractivity contribution in [3.8, 4) is 0 Å². The number of fused-ring (bicyclic) bond motifs is 1. The third kappa shape index (κ3) is 3.83. The predicted octanol–water partition coefficient (Wildman–Crippen LogP) is 1.79. The second kappa shape index (κ2) is 7.28. The van der Waals surface area contributed by atoms with E-state index in [0.29, 0.717) is 28.2 Å². The topological polar surface area (TPSA) is 108 Å². The van der Waals surface area contributed by atoms with Crippen molar-refractivity contribution in [2.75, 3.05) is 17.1 Å². The quantitative estimate of drug-likeness (QED) is 0.661. The number of nitrogens with zero attached hydrogens (tertiary/aromatic N) is 3. The smallest absolute Gasteiger partial charge is 0.251 e. The van der Waals surface area contributed by atoms with Gasteiger partial charge < -0.3 is 5.32 Å². The summed E-state index contributed by atoms with van der Waals surface area (Å²) in [5.74, 6) is -0.552. The Morgan fingerprint density at radius 2 is 2.14 bits per heavy atom. The van der Waals surface area contributed by atoms with Crippen LogP contribution in [-0.4, -0.2) is 42.3 Å². The monoisotopic (exact) mass is 415 g/mol. The summed E-state index contributed by atoms with van der Waals surface area (Å²) in [5, 5.41) is 9.37. The zero-order valence-corrected chi connectivity index (χ0v) is 16.3. The number of aromatic nitrogens is 3. The van der Waals surface area contributed by atoms with E-state index >= 15 is 0 Å². The van der Waals surface area contributed by atoms with Gasteiger partial charge in [-0.1, -0.05) is 12.1 Å². The first-order valence-corrected chi connectivity index (χ1v) is 10.7. The van der Waals surface area contributed by atoms with Gasteiger partial charge in [-0.25, -0.2) is 17.8 Å². The number of amides is 1. The van der Waals surface area contributed by atoms with Gasteiger partial charge in [0.2, 0.25) is 10.0 Å². The van der Waals surface area contributed by atoms with Crippen molar-refractivity contribution in [2.45, 2.75) is 12.5 Å². The van der Waals surface area contributed by atoms with E-state index in [9.17, 15) is 17.6 Å². The van der Waals surface area contributed by atoms with Gasteiger partial charge in [0, 0.05) is 18.7 Å². The van der Waals surface area contributed by atoms with Crippen LogP contribution in [-0.2, 0) is 16.6 Å². The average molecular weight is 415 g/mol. The molecule has 3 aromatic rings. The van der Waals surface area contributed by atoms with E-state index < -0.39 is 10.0 Å². The molecule has 1 unspecified atom stereocenters. The number of aromatic amines is 1. The molecular formula is C19H18FN5O3S. The van der Waals surface area contributed by atoms with Gasteiger partial charge >= 0.3 is 0 Å². The van der Waals surface area contributed by atoms with Gasteiger partial charge in [-0.2, -0.15) is 5.10 Å². The largest absolute Gasteiger partial charge is 0.348 e. The van der Waals surface area contributed by atoms with Crippen molar-refractivity contribution in [3.05, 3.63) is 77.1 Å². The van der Waals surface area contributed by atoms with E-state index in [1.54, 1.807) is 30.3 Å². The molecule has 0 radical (unpaired) electrons. The van der Waals surface area contributed by atoms with Crippen LogP contribution in [0.4, 0.5) is 10.1 Å². The number of sulfonamides is 1. The van der Waals surface area contributed by atoms with E-state index in [1.165, 1.54) is 22.8 Å². The van der Waals surface area contributed by atoms with Crippen molar-refractivity contribution in [2.24, 2.45) is 0 Å². The fraction of sp³-hybridized carbons (Fsp3) is 0.211. The van der Waals surface area contributed by atoms with Gasteiger partial charge in [0.05, 0.1) is 17.9 Å². The first-order valence-electron chi connectivity index (χ1n) is 8.82. The molecule has 2 heterocycles. The van der Waals surface area contributed by atoms with Gasteiger partial charge in [-0.05, 0) is 41.5 Å². The molecule has 0 saturated carbocycles. The van der Waals surface area contributed by atoms with Crippen LogP contribution in [0.1, 0.15) is 33.2 Å². The fourth-order valence-corrected chi connectivity index (χ4v) is 4.37. The zero-order valence-electron chi connectivity index (χ0n) is 15.5. The molecule has 0 saturated heterocycles. The Kier molecular flexibility index (Phi) is 4.79. The summed E-state index contributed by atoms with van der Waals surface area (Å²) >= 11 is 0. The Balaban J connectivity index is 1.62. The highest BCUT2D eigenvalue weighted by molar-refractivity contribution is 7.92. The number of carbonyl (C=O) groups is 1. The summed E-state index contributed by atoms with van der Waals surface area (Å²) in [6.07, 6.45) is 2.49. The molecule has 0 bridgehead atoms. The van der Waals surface area contributed by atoms with Gasteiger partial charge in [0.1, 0.15) is 18.0 Å². The number of halogens is 1. The lowest BCUT2D eigenvalue weighted by Gasteiger charge is -2.16. The summed E-state index contributed by atoms with van der Waals surface area (Å²) in [6, 6.07) is 10.8. The van der Waals surface area contributed by atoms with E-state index in [4.69, 9.17) is 0 Å². The normalized spacial score (nSPS) is 15.9. The van der Waals surface area contributed by atoms with Crippen LogP contribution < -0.4 is 9.62 Å². The Bertz CT molecular complexity index is 1160. The summed E-state index contributed by atoms with van der Waals surface area (Å²) in [7, 11) is -3.49. The summed E-state index contributed by atoms with van der Waals surface area (Å²) in [6.45, 7) is 0.354. The Morgan fingerprint density at radius 1 is 1.31 bits per heavy atom. The molecule has 150 valence electrons. The standard InChI is InChI=1S/C19H18FN5O3S/c1-29(27,28)25-10-16(18-22-11-23-24-18)15-8-13(5-6-17(15)25)19(26)21-9-12-3-2-4-14(20)7-12/h2-8,11,16H,9-10H2,1H3,(H,21,26)(H,22,23,24). The molecule has 2 N–H and O–H groups in total. The van der Waals surface area contributed by atoms with Crippen molar-refractivity contribution in [1.29, 1.82) is 0 Å². The molecule has 1 amide bonds. The summed E-state index contributed by atoms with van der Waals surface area (Å²) in [4.78, 5) is 16.8. The molecule has 1 aliphatic heterocycles. The fourth-order valence-electron chi connectivity index (χ4n) is 3.43. The average Bonchev–Trinajstić information content (AvgIpc) is 3.32. The molecule has 1 atom stereocenters. The molecule has 1 aliphatic rings. The highest BCUT2D eigenvalue weighted by Gasteiger charge is 2.36. The summed E-state index contributed by atoms with van der Waals surface area (Å²) < 4.78 is 39.0. The van der Waals surface area contributed by atoms with Crippen LogP contribution in [0.15, 0.2) is 48.8 Å². The second-order valence-corrected chi connectivity index (χ2v) is 8.71. The molecular weight excluding hydrogens is 397 g/mol. The SMILES string of the molecule is CS(=O)(=O)N1CC(c2ncn[nH]2)c2cc(C(=O)NCc3cccc(F)c3)ccc21. The van der Waals surface area contributed by atoms with E-state index in [0.717, 1.165) is 6.26 Å². The van der Waals surface area contributed by atoms with Crippen LogP contribution in [0.25, 0.3) is 0 Å². The minimum atomic E-state index is -3.49. The maximum atomic E-state index is 13.3. The third-order valence-electron chi connectivity index (χ3n) is 4.79. The number of H-pyrrole nitrogens is 1. The van der Waals surface area contributed by atoms with Crippen molar-refractivity contribution in [1.82, 2.24) is 20.5 Å². The maximum absolute atomic E-state index is 13.3. The number of hydrogen-bond donors (Lipinski definition) is 2. The first-order chi connectivity index (χ1) is 13.8. The minimum absolute atomic E-state index is 0.175. The molecule has 8 nitrogen and oxygen atoms in total. The molecule has 1 aromatic heterocycles. The molecule has 2 aromatic carbocycles. The van der Waals surface area contributed by atoms with Crippen molar-refractivity contribution < 1.29 is 17.6 Å². The van der Waals surface area contributed by atoms with E-state index in [-0.39, 0.29) is 30.7 Å². The van der Waals surface area contributed by atoms with Crippen LogP contribution in [0.2, 0.25) is 0 Å². The molecule has 0 spiro atoms. The van der Waals surface area contributed by atoms with Crippen molar-refractivity contribution in [3.63, 3.8) is 0 Å². The highest BCUT2D eigenvalue weighted by Crippen LogP contribution is 2.40. The molecule has 0 fully saturated rings. The molecule has 10 heteroatoms.